The topological polar surface area (TPSA) is 42.8 Å². The van der Waals surface area contributed by atoms with E-state index in [2.05, 4.69) is 5.32 Å². The molecule has 3 rings (SSSR count). The summed E-state index contributed by atoms with van der Waals surface area (Å²) < 4.78 is 5.43. The van der Waals surface area contributed by atoms with Gasteiger partial charge in [-0.05, 0) is 63.3 Å². The van der Waals surface area contributed by atoms with Crippen molar-refractivity contribution in [2.45, 2.75) is 51.5 Å². The van der Waals surface area contributed by atoms with Crippen molar-refractivity contribution in [3.63, 3.8) is 0 Å². The largest absolute Gasteiger partial charge is 0.494 e. The minimum atomic E-state index is 0.135. The molecule has 0 aromatic heterocycles. The molecule has 1 aromatic rings. The van der Waals surface area contributed by atoms with Crippen LogP contribution in [0, 0.1) is 5.92 Å². The zero-order valence-corrected chi connectivity index (χ0v) is 14.1. The molecule has 1 aliphatic heterocycles. The van der Waals surface area contributed by atoms with Crippen molar-refractivity contribution in [2.24, 2.45) is 5.92 Å². The van der Waals surface area contributed by atoms with E-state index in [4.69, 9.17) is 4.74 Å². The molecule has 1 saturated carbocycles. The molecule has 4 nitrogen and oxygen atoms in total. The van der Waals surface area contributed by atoms with Crippen LogP contribution in [0.3, 0.4) is 0 Å². The molecule has 2 aliphatic rings. The van der Waals surface area contributed by atoms with E-state index in [9.17, 15) is 4.79 Å². The quantitative estimate of drug-likeness (QED) is 0.875. The Balaban J connectivity index is 1.53. The summed E-state index contributed by atoms with van der Waals surface area (Å²) in [5.41, 5.74) is 0.857. The van der Waals surface area contributed by atoms with Crippen LogP contribution in [-0.4, -0.2) is 31.6 Å². The van der Waals surface area contributed by atoms with E-state index in [-0.39, 0.29) is 5.91 Å². The lowest BCUT2D eigenvalue weighted by atomic mass is 9.78. The highest BCUT2D eigenvalue weighted by Gasteiger charge is 2.37. The number of ether oxygens (including phenoxy) is 1. The Morgan fingerprint density at radius 3 is 2.70 bits per heavy atom. The van der Waals surface area contributed by atoms with Gasteiger partial charge in [0.15, 0.2) is 6.54 Å². The van der Waals surface area contributed by atoms with Crippen molar-refractivity contribution in [1.29, 1.82) is 0 Å². The highest BCUT2D eigenvalue weighted by molar-refractivity contribution is 5.91. The molecule has 0 spiro atoms. The molecule has 1 unspecified atom stereocenters. The Labute approximate surface area is 139 Å². The molecule has 1 aliphatic carbocycles. The van der Waals surface area contributed by atoms with Crippen molar-refractivity contribution >= 4 is 11.6 Å². The summed E-state index contributed by atoms with van der Waals surface area (Å²) >= 11 is 0. The molecule has 1 amide bonds. The monoisotopic (exact) mass is 317 g/mol. The van der Waals surface area contributed by atoms with Gasteiger partial charge in [-0.15, -0.1) is 0 Å². The van der Waals surface area contributed by atoms with Gasteiger partial charge in [-0.25, -0.2) is 0 Å². The highest BCUT2D eigenvalue weighted by Crippen LogP contribution is 2.28. The Bertz CT molecular complexity index is 513. The molecular formula is C19H29N2O2+. The third kappa shape index (κ3) is 4.25. The maximum Gasteiger partial charge on any atom is 0.279 e. The Morgan fingerprint density at radius 1 is 1.17 bits per heavy atom. The molecule has 0 bridgehead atoms. The number of likely N-dealkylation sites (tertiary alicyclic amines) is 1. The van der Waals surface area contributed by atoms with Gasteiger partial charge >= 0.3 is 0 Å². The first-order valence-corrected chi connectivity index (χ1v) is 9.13. The van der Waals surface area contributed by atoms with Crippen LogP contribution in [0.2, 0.25) is 0 Å². The molecule has 3 atom stereocenters. The minimum absolute atomic E-state index is 0.135. The van der Waals surface area contributed by atoms with Gasteiger partial charge in [0.1, 0.15) is 5.75 Å². The first-order valence-electron chi connectivity index (χ1n) is 9.13. The summed E-state index contributed by atoms with van der Waals surface area (Å²) in [5, 5.41) is 3.04. The number of benzene rings is 1. The average molecular weight is 317 g/mol. The molecule has 0 radical (unpaired) electrons. The third-order valence-corrected chi connectivity index (χ3v) is 5.34. The SMILES string of the molecule is CCOc1ccc(NC(=O)C[NH+]2CCC[C@@H]3CCCC[C@@H]32)cc1. The van der Waals surface area contributed by atoms with Crippen LogP contribution in [0.1, 0.15) is 45.4 Å². The number of fused-ring (bicyclic) bond motifs is 1. The molecule has 2 fully saturated rings. The zero-order chi connectivity index (χ0) is 16.1. The fourth-order valence-corrected chi connectivity index (χ4v) is 4.30. The van der Waals surface area contributed by atoms with Crippen molar-refractivity contribution in [3.05, 3.63) is 24.3 Å². The fraction of sp³-hybridized carbons (Fsp3) is 0.632. The van der Waals surface area contributed by atoms with Gasteiger partial charge in [0.05, 0.1) is 19.2 Å². The van der Waals surface area contributed by atoms with Crippen molar-refractivity contribution < 1.29 is 14.4 Å². The Morgan fingerprint density at radius 2 is 1.91 bits per heavy atom. The summed E-state index contributed by atoms with van der Waals surface area (Å²) in [6, 6.07) is 8.35. The maximum atomic E-state index is 12.4. The first kappa shape index (κ1) is 16.3. The molecule has 1 saturated heterocycles. The van der Waals surface area contributed by atoms with Gasteiger partial charge in [-0.3, -0.25) is 4.79 Å². The molecule has 23 heavy (non-hydrogen) atoms. The Hall–Kier alpha value is -1.55. The second-order valence-corrected chi connectivity index (χ2v) is 6.88. The van der Waals surface area contributed by atoms with E-state index >= 15 is 0 Å². The zero-order valence-electron chi connectivity index (χ0n) is 14.1. The van der Waals surface area contributed by atoms with Crippen LogP contribution < -0.4 is 15.0 Å². The second-order valence-electron chi connectivity index (χ2n) is 6.88. The van der Waals surface area contributed by atoms with E-state index in [1.165, 1.54) is 43.4 Å². The van der Waals surface area contributed by atoms with E-state index in [0.29, 0.717) is 19.2 Å². The number of hydrogen-bond acceptors (Lipinski definition) is 2. The predicted octanol–water partition coefficient (Wildman–Crippen LogP) is 2.26. The highest BCUT2D eigenvalue weighted by atomic mass is 16.5. The summed E-state index contributed by atoms with van der Waals surface area (Å²) in [7, 11) is 0. The lowest BCUT2D eigenvalue weighted by Crippen LogP contribution is -3.18. The van der Waals surface area contributed by atoms with Gasteiger partial charge in [-0.2, -0.15) is 0 Å². The van der Waals surface area contributed by atoms with E-state index in [1.807, 2.05) is 31.2 Å². The number of piperidine rings is 1. The molecule has 1 aromatic carbocycles. The summed E-state index contributed by atoms with van der Waals surface area (Å²) in [4.78, 5) is 13.9. The molecule has 1 heterocycles. The number of hydrogen-bond donors (Lipinski definition) is 2. The fourth-order valence-electron chi connectivity index (χ4n) is 4.30. The van der Waals surface area contributed by atoms with Gasteiger partial charge < -0.3 is 15.0 Å². The predicted molar refractivity (Wildman–Crippen MR) is 91.9 cm³/mol. The number of quaternary nitrogens is 1. The molecule has 2 N–H and O–H groups in total. The van der Waals surface area contributed by atoms with E-state index < -0.39 is 0 Å². The number of nitrogens with one attached hydrogen (secondary N) is 2. The molecule has 4 heteroatoms. The normalized spacial score (nSPS) is 27.1. The lowest BCUT2D eigenvalue weighted by Gasteiger charge is -2.40. The van der Waals surface area contributed by atoms with Crippen LogP contribution in [0.5, 0.6) is 5.75 Å². The molecular weight excluding hydrogens is 288 g/mol. The first-order chi connectivity index (χ1) is 11.3. The van der Waals surface area contributed by atoms with E-state index in [0.717, 1.165) is 23.9 Å². The number of carbonyl (C=O) groups is 1. The van der Waals surface area contributed by atoms with Gasteiger partial charge in [-0.1, -0.05) is 6.42 Å². The van der Waals surface area contributed by atoms with Crippen LogP contribution in [0.15, 0.2) is 24.3 Å². The standard InChI is InChI=1S/C19H28N2O2/c1-2-23-17-11-9-16(10-12-17)20-19(22)14-21-13-5-7-15-6-3-4-8-18(15)21/h9-12,15,18H,2-8,13-14H2,1H3,(H,20,22)/p+1/t15-,18-/m0/s1. The van der Waals surface area contributed by atoms with Gasteiger partial charge in [0, 0.05) is 11.6 Å². The van der Waals surface area contributed by atoms with Crippen LogP contribution in [0.4, 0.5) is 5.69 Å². The number of carbonyl (C=O) groups excluding carboxylic acids is 1. The number of amides is 1. The van der Waals surface area contributed by atoms with E-state index in [1.54, 1.807) is 0 Å². The van der Waals surface area contributed by atoms with Crippen molar-refractivity contribution in [1.82, 2.24) is 0 Å². The van der Waals surface area contributed by atoms with Crippen LogP contribution in [0.25, 0.3) is 0 Å². The smallest absolute Gasteiger partial charge is 0.279 e. The summed E-state index contributed by atoms with van der Waals surface area (Å²) in [5.74, 6) is 1.83. The van der Waals surface area contributed by atoms with Gasteiger partial charge in [0.25, 0.3) is 5.91 Å². The second kappa shape index (κ2) is 7.82. The van der Waals surface area contributed by atoms with Crippen LogP contribution in [-0.2, 0) is 4.79 Å². The Kier molecular flexibility index (Phi) is 5.55. The minimum Gasteiger partial charge on any atom is -0.494 e. The lowest BCUT2D eigenvalue weighted by molar-refractivity contribution is -0.928. The van der Waals surface area contributed by atoms with Crippen LogP contribution >= 0.6 is 0 Å². The van der Waals surface area contributed by atoms with Crippen molar-refractivity contribution in [3.8, 4) is 5.75 Å². The summed E-state index contributed by atoms with van der Waals surface area (Å²) in [6.07, 6.45) is 8.03. The maximum absolute atomic E-state index is 12.4. The number of rotatable bonds is 5. The molecule has 126 valence electrons. The average Bonchev–Trinajstić information content (AvgIpc) is 2.57. The van der Waals surface area contributed by atoms with Crippen molar-refractivity contribution in [2.75, 3.05) is 25.0 Å². The third-order valence-electron chi connectivity index (χ3n) is 5.34. The van der Waals surface area contributed by atoms with Gasteiger partial charge in [0.2, 0.25) is 0 Å². The summed E-state index contributed by atoms with van der Waals surface area (Å²) in [6.45, 7) is 4.38. The number of anilines is 1.